The molecule has 32 heavy (non-hydrogen) atoms. The predicted octanol–water partition coefficient (Wildman–Crippen LogP) is 5.38. The Hall–Kier alpha value is -3.51. The Morgan fingerprint density at radius 3 is 2.41 bits per heavy atom. The van der Waals surface area contributed by atoms with Crippen molar-refractivity contribution in [1.29, 1.82) is 0 Å². The summed E-state index contributed by atoms with van der Waals surface area (Å²) in [5, 5.41) is 8.60. The zero-order valence-electron chi connectivity index (χ0n) is 18.1. The van der Waals surface area contributed by atoms with Gasteiger partial charge in [-0.15, -0.1) is 0 Å². The molecule has 3 heterocycles. The van der Waals surface area contributed by atoms with Crippen molar-refractivity contribution in [2.45, 2.75) is 33.1 Å². The van der Waals surface area contributed by atoms with Crippen molar-refractivity contribution in [1.82, 2.24) is 19.7 Å². The molecule has 0 radical (unpaired) electrons. The number of anilines is 1. The molecule has 4 aromatic rings. The Morgan fingerprint density at radius 2 is 1.72 bits per heavy atom. The molecule has 0 fully saturated rings. The van der Waals surface area contributed by atoms with Crippen LogP contribution in [-0.4, -0.2) is 25.7 Å². The number of carbonyl (C=O) groups is 1. The van der Waals surface area contributed by atoms with Crippen LogP contribution in [0.2, 0.25) is 5.02 Å². The lowest BCUT2D eigenvalue weighted by Crippen LogP contribution is -2.25. The van der Waals surface area contributed by atoms with Gasteiger partial charge in [0, 0.05) is 39.9 Å². The number of nitrogens with zero attached hydrogens (tertiary/aromatic N) is 4. The van der Waals surface area contributed by atoms with Crippen molar-refractivity contribution in [3.63, 3.8) is 0 Å². The van der Waals surface area contributed by atoms with E-state index < -0.39 is 0 Å². The maximum Gasteiger partial charge on any atom is 0.252 e. The number of rotatable bonds is 3. The lowest BCUT2D eigenvalue weighted by molar-refractivity contribution is -0.116. The number of aromatic nitrogens is 4. The van der Waals surface area contributed by atoms with E-state index in [4.69, 9.17) is 16.7 Å². The van der Waals surface area contributed by atoms with Gasteiger partial charge in [-0.05, 0) is 44.5 Å². The molecule has 0 aliphatic carbocycles. The molecule has 2 aromatic carbocycles. The van der Waals surface area contributed by atoms with E-state index in [0.717, 1.165) is 39.3 Å². The van der Waals surface area contributed by atoms with Gasteiger partial charge < -0.3 is 5.32 Å². The van der Waals surface area contributed by atoms with Crippen LogP contribution >= 0.6 is 11.6 Å². The van der Waals surface area contributed by atoms with Crippen molar-refractivity contribution in [2.75, 3.05) is 5.32 Å². The van der Waals surface area contributed by atoms with Gasteiger partial charge in [-0.3, -0.25) is 4.79 Å². The molecule has 0 saturated heterocycles. The minimum atomic E-state index is -0.135. The van der Waals surface area contributed by atoms with Gasteiger partial charge in [-0.25, -0.2) is 9.97 Å². The fourth-order valence-corrected chi connectivity index (χ4v) is 4.42. The molecular formula is C25H22ClN5O. The van der Waals surface area contributed by atoms with Crippen LogP contribution in [0, 0.1) is 20.8 Å². The van der Waals surface area contributed by atoms with E-state index in [1.54, 1.807) is 4.68 Å². The quantitative estimate of drug-likeness (QED) is 0.461. The highest BCUT2D eigenvalue weighted by Crippen LogP contribution is 2.43. The molecule has 0 bridgehead atoms. The van der Waals surface area contributed by atoms with Crippen molar-refractivity contribution >= 4 is 23.3 Å². The Bertz CT molecular complexity index is 1320. The van der Waals surface area contributed by atoms with Gasteiger partial charge in [0.15, 0.2) is 0 Å². The van der Waals surface area contributed by atoms with Crippen LogP contribution in [0.3, 0.4) is 0 Å². The first-order valence-electron chi connectivity index (χ1n) is 10.5. The smallest absolute Gasteiger partial charge is 0.252 e. The van der Waals surface area contributed by atoms with Crippen molar-refractivity contribution in [3.8, 4) is 17.2 Å². The van der Waals surface area contributed by atoms with E-state index in [9.17, 15) is 4.79 Å². The molecule has 5 rings (SSSR count). The molecule has 1 unspecified atom stereocenters. The van der Waals surface area contributed by atoms with Gasteiger partial charge in [-0.2, -0.15) is 9.78 Å². The highest BCUT2D eigenvalue weighted by Gasteiger charge is 2.35. The fraction of sp³-hybridized carbons (Fsp3) is 0.200. The standard InChI is InChI=1S/C25H22ClN5O/c1-14-5-4-6-18(11-14)20-13-21(32)29-24-22(20)23(17-7-9-19(26)10-8-17)30-31(24)25-27-15(2)12-16(3)28-25/h4-12,20H,13H2,1-3H3,(H,29,32). The summed E-state index contributed by atoms with van der Waals surface area (Å²) in [4.78, 5) is 22.0. The minimum Gasteiger partial charge on any atom is -0.310 e. The van der Waals surface area contributed by atoms with E-state index in [-0.39, 0.29) is 11.8 Å². The SMILES string of the molecule is Cc1cccc(C2CC(=O)Nc3c2c(-c2ccc(Cl)cc2)nn3-c2nc(C)cc(C)n2)c1. The number of amides is 1. The number of halogens is 1. The van der Waals surface area contributed by atoms with E-state index in [0.29, 0.717) is 23.2 Å². The Labute approximate surface area is 191 Å². The molecular weight excluding hydrogens is 422 g/mol. The van der Waals surface area contributed by atoms with E-state index in [2.05, 4.69) is 40.4 Å². The lowest BCUT2D eigenvalue weighted by Gasteiger charge is -2.25. The largest absolute Gasteiger partial charge is 0.310 e. The zero-order chi connectivity index (χ0) is 22.4. The second-order valence-electron chi connectivity index (χ2n) is 8.20. The third-order valence-corrected chi connectivity index (χ3v) is 5.89. The average Bonchev–Trinajstić information content (AvgIpc) is 3.12. The Balaban J connectivity index is 1.79. The molecule has 1 N–H and O–H groups in total. The third kappa shape index (κ3) is 3.67. The molecule has 0 spiro atoms. The van der Waals surface area contributed by atoms with Crippen LogP contribution in [0.5, 0.6) is 0 Å². The second kappa shape index (κ2) is 7.88. The monoisotopic (exact) mass is 443 g/mol. The topological polar surface area (TPSA) is 72.7 Å². The van der Waals surface area contributed by atoms with E-state index >= 15 is 0 Å². The Kier molecular flexibility index (Phi) is 5.02. The van der Waals surface area contributed by atoms with Crippen molar-refractivity contribution < 1.29 is 4.79 Å². The molecule has 160 valence electrons. The van der Waals surface area contributed by atoms with Crippen LogP contribution in [0.4, 0.5) is 5.82 Å². The van der Waals surface area contributed by atoms with E-state index in [1.807, 2.05) is 50.2 Å². The summed E-state index contributed by atoms with van der Waals surface area (Å²) in [5.74, 6) is 0.855. The molecule has 1 aliphatic rings. The number of hydrogen-bond donors (Lipinski definition) is 1. The highest BCUT2D eigenvalue weighted by atomic mass is 35.5. The molecule has 1 amide bonds. The van der Waals surface area contributed by atoms with Crippen LogP contribution in [0.15, 0.2) is 54.6 Å². The molecule has 2 aromatic heterocycles. The number of carbonyl (C=O) groups excluding carboxylic acids is 1. The van der Waals surface area contributed by atoms with Crippen molar-refractivity contribution in [2.24, 2.45) is 0 Å². The Morgan fingerprint density at radius 1 is 1.00 bits per heavy atom. The summed E-state index contributed by atoms with van der Waals surface area (Å²) < 4.78 is 1.65. The zero-order valence-corrected chi connectivity index (χ0v) is 18.8. The number of hydrogen-bond acceptors (Lipinski definition) is 4. The first-order valence-corrected chi connectivity index (χ1v) is 10.8. The van der Waals surface area contributed by atoms with Crippen molar-refractivity contribution in [3.05, 3.63) is 87.7 Å². The molecule has 1 aliphatic heterocycles. The first-order chi connectivity index (χ1) is 15.4. The highest BCUT2D eigenvalue weighted by molar-refractivity contribution is 6.30. The summed E-state index contributed by atoms with van der Waals surface area (Å²) in [6.45, 7) is 5.89. The van der Waals surface area contributed by atoms with Crippen LogP contribution < -0.4 is 5.32 Å². The summed E-state index contributed by atoms with van der Waals surface area (Å²) in [7, 11) is 0. The normalized spacial score (nSPS) is 15.4. The predicted molar refractivity (Wildman–Crippen MR) is 125 cm³/mol. The number of aryl methyl sites for hydroxylation is 3. The molecule has 7 heteroatoms. The summed E-state index contributed by atoms with van der Waals surface area (Å²) >= 11 is 6.14. The van der Waals surface area contributed by atoms with Crippen LogP contribution in [-0.2, 0) is 4.79 Å². The number of fused-ring (bicyclic) bond motifs is 1. The minimum absolute atomic E-state index is 0.0582. The summed E-state index contributed by atoms with van der Waals surface area (Å²) in [6.07, 6.45) is 0.344. The van der Waals surface area contributed by atoms with Gasteiger partial charge in [-0.1, -0.05) is 53.6 Å². The second-order valence-corrected chi connectivity index (χ2v) is 8.64. The summed E-state index contributed by atoms with van der Waals surface area (Å²) in [6, 6.07) is 17.8. The van der Waals surface area contributed by atoms with E-state index in [1.165, 1.54) is 0 Å². The van der Waals surface area contributed by atoms with Gasteiger partial charge in [0.2, 0.25) is 5.91 Å². The summed E-state index contributed by atoms with van der Waals surface area (Å²) in [5.41, 5.74) is 6.56. The first kappa shape index (κ1) is 20.4. The molecule has 0 saturated carbocycles. The van der Waals surface area contributed by atoms with Gasteiger partial charge >= 0.3 is 0 Å². The van der Waals surface area contributed by atoms with Gasteiger partial charge in [0.05, 0.1) is 5.69 Å². The molecule has 6 nitrogen and oxygen atoms in total. The maximum absolute atomic E-state index is 12.8. The van der Waals surface area contributed by atoms with Crippen LogP contribution in [0.1, 0.15) is 40.4 Å². The number of benzene rings is 2. The maximum atomic E-state index is 12.8. The van der Waals surface area contributed by atoms with Crippen LogP contribution in [0.25, 0.3) is 17.2 Å². The number of nitrogens with one attached hydrogen (secondary N) is 1. The van der Waals surface area contributed by atoms with Gasteiger partial charge in [0.25, 0.3) is 5.95 Å². The fourth-order valence-electron chi connectivity index (χ4n) is 4.29. The average molecular weight is 444 g/mol. The lowest BCUT2D eigenvalue weighted by atomic mass is 9.84. The van der Waals surface area contributed by atoms with Gasteiger partial charge in [0.1, 0.15) is 5.82 Å². The molecule has 1 atom stereocenters. The third-order valence-electron chi connectivity index (χ3n) is 5.64.